The van der Waals surface area contributed by atoms with Crippen LogP contribution in [0.1, 0.15) is 117 Å². The summed E-state index contributed by atoms with van der Waals surface area (Å²) >= 11 is 2.07. The number of aromatic carboxylic acids is 1. The Morgan fingerprint density at radius 3 is 1.22 bits per heavy atom. The van der Waals surface area contributed by atoms with Crippen LogP contribution in [0, 0.1) is 30.4 Å². The van der Waals surface area contributed by atoms with Crippen LogP contribution in [0.4, 0.5) is 17.6 Å². The molecule has 1 N–H and O–H groups in total. The van der Waals surface area contributed by atoms with Crippen LogP contribution in [0.5, 0.6) is 0 Å². The third-order valence-corrected chi connectivity index (χ3v) is 24.5. The van der Waals surface area contributed by atoms with Crippen molar-refractivity contribution in [2.24, 2.45) is 0 Å². The van der Waals surface area contributed by atoms with Gasteiger partial charge in [0.05, 0.1) is 43.6 Å². The molecule has 16 heteroatoms. The van der Waals surface area contributed by atoms with Gasteiger partial charge in [0, 0.05) is 12.7 Å². The van der Waals surface area contributed by atoms with Crippen LogP contribution >= 0.6 is 45.2 Å². The fourth-order valence-corrected chi connectivity index (χ4v) is 19.4. The Labute approximate surface area is 405 Å². The van der Waals surface area contributed by atoms with Gasteiger partial charge in [-0.2, -0.15) is 0 Å². The Kier molecular flexibility index (Phi) is 31.2. The van der Waals surface area contributed by atoms with Crippen LogP contribution in [0.15, 0.2) is 90.0 Å². The molecule has 64 heavy (non-hydrogen) atoms. The second-order valence-corrected chi connectivity index (χ2v) is 29.4. The summed E-state index contributed by atoms with van der Waals surface area (Å²) in [7, 11) is 3.58. The molecular formula is C48H56F4I2O9Sn. The van der Waals surface area contributed by atoms with E-state index in [4.69, 9.17) is 5.11 Å². The van der Waals surface area contributed by atoms with Gasteiger partial charge in [-0.05, 0) is 117 Å². The van der Waals surface area contributed by atoms with Crippen molar-refractivity contribution in [2.45, 2.75) is 72.6 Å². The van der Waals surface area contributed by atoms with E-state index >= 15 is 0 Å². The largest absolute Gasteiger partial charge is 0.478 e. The Bertz CT molecular complexity index is 2060. The fraction of sp³-hybridized carbons (Fsp3) is 0.312. The maximum Gasteiger partial charge on any atom is 0.340 e. The first-order chi connectivity index (χ1) is 30.4. The number of aldehydes is 1. The molecule has 0 heterocycles. The number of hydrogen-bond acceptors (Lipinski definition) is 8. The number of ether oxygens (including phenoxy) is 3. The van der Waals surface area contributed by atoms with E-state index in [1.807, 2.05) is 45.2 Å². The molecule has 0 fully saturated rings. The molecule has 4 rings (SSSR count). The van der Waals surface area contributed by atoms with Crippen molar-refractivity contribution in [2.75, 3.05) is 21.3 Å². The number of unbranched alkanes of at least 4 members (excludes halogenated alkanes) is 3. The molecule has 0 atom stereocenters. The third-order valence-electron chi connectivity index (χ3n) is 9.17. The molecule has 4 aromatic carbocycles. The molecule has 0 amide bonds. The summed E-state index contributed by atoms with van der Waals surface area (Å²) in [5, 5.41) is 8.45. The zero-order chi connectivity index (χ0) is 48.8. The number of halogens is 6. The minimum atomic E-state index is -1.85. The predicted octanol–water partition coefficient (Wildman–Crippen LogP) is 13.6. The molecular weight excluding hydrogens is 1170 g/mol. The number of rotatable bonds is 16. The van der Waals surface area contributed by atoms with Crippen LogP contribution in [0.2, 0.25) is 13.3 Å². The van der Waals surface area contributed by atoms with Gasteiger partial charge in [0.15, 0.2) is 0 Å². The summed E-state index contributed by atoms with van der Waals surface area (Å²) in [6.45, 7) is 14.7. The predicted molar refractivity (Wildman–Crippen MR) is 263 cm³/mol. The summed E-state index contributed by atoms with van der Waals surface area (Å²) in [6, 6.07) is 15.9. The van der Waals surface area contributed by atoms with E-state index in [0.717, 1.165) is 28.9 Å². The SMILES string of the molecule is C=Cc1ccc(F)c(C(=O)OC)c1.C=[CH][Sn]([CH2]CCC)([CH2]CCC)[CH2]CCC.COC(=O)c1cc(C=O)ccc1F.COC(=O)c1cc(I)ccc1F.O=C(O)c1cc(I)ccc1F. The molecule has 0 aliphatic heterocycles. The number of carboxylic acid groups (broad SMARTS) is 1. The van der Waals surface area contributed by atoms with Crippen molar-refractivity contribution in [3.63, 3.8) is 0 Å². The normalized spacial score (nSPS) is 10.0. The second kappa shape index (κ2) is 33.4. The van der Waals surface area contributed by atoms with E-state index in [1.165, 1.54) is 107 Å². The molecule has 0 radical (unpaired) electrons. The monoisotopic (exact) mass is 1230 g/mol. The molecule has 0 saturated heterocycles. The Morgan fingerprint density at radius 1 is 0.578 bits per heavy atom. The molecule has 9 nitrogen and oxygen atoms in total. The minimum absolute atomic E-state index is 0.0237. The van der Waals surface area contributed by atoms with Crippen molar-refractivity contribution in [3.05, 3.63) is 154 Å². The molecule has 0 spiro atoms. The van der Waals surface area contributed by atoms with Crippen LogP contribution in [0.3, 0.4) is 0 Å². The quantitative estimate of drug-likeness (QED) is 0.0291. The number of esters is 3. The third kappa shape index (κ3) is 22.2. The van der Waals surface area contributed by atoms with Gasteiger partial charge in [-0.15, -0.1) is 0 Å². The van der Waals surface area contributed by atoms with Gasteiger partial charge in [-0.25, -0.2) is 36.7 Å². The van der Waals surface area contributed by atoms with Gasteiger partial charge in [-0.1, -0.05) is 18.7 Å². The zero-order valence-corrected chi connectivity index (χ0v) is 44.1. The maximum absolute atomic E-state index is 13.0. The van der Waals surface area contributed by atoms with Gasteiger partial charge in [0.2, 0.25) is 0 Å². The summed E-state index contributed by atoms with van der Waals surface area (Å²) in [6.07, 6.45) is 10.5. The Morgan fingerprint density at radius 2 is 0.906 bits per heavy atom. The van der Waals surface area contributed by atoms with E-state index in [9.17, 15) is 41.5 Å². The van der Waals surface area contributed by atoms with Crippen molar-refractivity contribution in [1.29, 1.82) is 0 Å². The van der Waals surface area contributed by atoms with Gasteiger partial charge in [-0.3, -0.25) is 4.79 Å². The van der Waals surface area contributed by atoms with Crippen molar-refractivity contribution >= 4 is 99.8 Å². The first-order valence-electron chi connectivity index (χ1n) is 20.1. The number of benzene rings is 4. The number of methoxy groups -OCH3 is 3. The molecule has 0 bridgehead atoms. The van der Waals surface area contributed by atoms with E-state index in [-0.39, 0.29) is 27.8 Å². The molecule has 0 unspecified atom stereocenters. The topological polar surface area (TPSA) is 133 Å². The van der Waals surface area contributed by atoms with Gasteiger partial charge in [0.1, 0.15) is 29.6 Å². The van der Waals surface area contributed by atoms with Crippen molar-refractivity contribution < 1.29 is 60.9 Å². The molecule has 0 saturated carbocycles. The second-order valence-electron chi connectivity index (χ2n) is 13.7. The first-order valence-corrected chi connectivity index (χ1v) is 29.9. The first kappa shape index (κ1) is 59.9. The molecule has 0 aliphatic rings. The fourth-order valence-electron chi connectivity index (χ4n) is 5.51. The smallest absolute Gasteiger partial charge is 0.340 e. The minimum Gasteiger partial charge on any atom is -0.478 e. The van der Waals surface area contributed by atoms with Crippen molar-refractivity contribution in [3.8, 4) is 0 Å². The molecule has 0 aliphatic carbocycles. The van der Waals surface area contributed by atoms with Crippen LogP contribution in [-0.4, -0.2) is 75.0 Å². The molecule has 348 valence electrons. The summed E-state index contributed by atoms with van der Waals surface area (Å²) in [5.74, 6) is -5.88. The van der Waals surface area contributed by atoms with Gasteiger partial charge >= 0.3 is 126 Å². The van der Waals surface area contributed by atoms with Crippen LogP contribution in [-0.2, 0) is 14.2 Å². The zero-order valence-electron chi connectivity index (χ0n) is 36.9. The van der Waals surface area contributed by atoms with Gasteiger partial charge < -0.3 is 19.3 Å². The maximum atomic E-state index is 13.0. The molecule has 4 aromatic rings. The van der Waals surface area contributed by atoms with E-state index in [0.29, 0.717) is 15.4 Å². The van der Waals surface area contributed by atoms with Crippen molar-refractivity contribution in [1.82, 2.24) is 0 Å². The average Bonchev–Trinajstić information content (AvgIpc) is 3.30. The standard InChI is InChI=1S/C10H9FO2.C9H7FO3.C8H6FIO2.C7H4FIO2.3C4H9.C2H3.Sn/c1-3-7-4-5-9(11)8(6-7)10(12)13-2;1-13-9(12)7-4-6(5-11)2-3-8(7)10;1-12-8(11)6-4-5(10)2-3-7(6)9;8-6-2-1-4(9)3-5(6)7(10)11;3*1-3-4-2;1-2;/h3-6H,1H2,2H3;2-5H,1H3;2-4H,1H3;1-3H,(H,10,11);3*1,3-4H2,2H3;1H,2H2;. The number of carbonyl (C=O) groups is 5. The summed E-state index contributed by atoms with van der Waals surface area (Å²) in [4.78, 5) is 53.5. The Balaban J connectivity index is 0.000000777. The Hall–Kier alpha value is -4.11. The van der Waals surface area contributed by atoms with E-state index < -0.39 is 65.5 Å². The summed E-state index contributed by atoms with van der Waals surface area (Å²) < 4.78 is 73.3. The van der Waals surface area contributed by atoms with Gasteiger partial charge in [0.25, 0.3) is 0 Å². The number of carboxylic acids is 1. The van der Waals surface area contributed by atoms with Crippen LogP contribution in [0.25, 0.3) is 6.08 Å². The number of carbonyl (C=O) groups excluding carboxylic acids is 4. The van der Waals surface area contributed by atoms with E-state index in [1.54, 1.807) is 19.4 Å². The average molecular weight is 1230 g/mol. The summed E-state index contributed by atoms with van der Waals surface area (Å²) in [5.41, 5.74) is 0.317. The number of hydrogen-bond donors (Lipinski definition) is 1. The van der Waals surface area contributed by atoms with E-state index in [2.05, 4.69) is 52.2 Å². The van der Waals surface area contributed by atoms with Crippen LogP contribution < -0.4 is 0 Å². The molecule has 0 aromatic heterocycles.